The number of benzene rings is 2. The van der Waals surface area contributed by atoms with Crippen LogP contribution in [-0.4, -0.2) is 43.3 Å². The number of Topliss-reactive ketones (excluding diaryl/α,β-unsaturated/α-hetero) is 2. The topological polar surface area (TPSA) is 70.9 Å². The molecule has 5 nitrogen and oxygen atoms in total. The summed E-state index contributed by atoms with van der Waals surface area (Å²) in [4.78, 5) is 32.5. The quantitative estimate of drug-likeness (QED) is 0.0804. The van der Waals surface area contributed by atoms with Crippen molar-refractivity contribution in [2.24, 2.45) is 21.8 Å². The first-order valence-corrected chi connectivity index (χ1v) is 20.9. The van der Waals surface area contributed by atoms with Crippen LogP contribution in [0.2, 0.25) is 0 Å². The number of hydrogen-bond acceptors (Lipinski definition) is 7. The molecule has 49 heavy (non-hydrogen) atoms. The van der Waals surface area contributed by atoms with Gasteiger partial charge < -0.3 is 5.32 Å². The highest BCUT2D eigenvalue weighted by Gasteiger charge is 2.35. The molecule has 1 aliphatic heterocycles. The summed E-state index contributed by atoms with van der Waals surface area (Å²) in [5.41, 5.74) is 4.96. The third-order valence-corrected chi connectivity index (χ3v) is 12.1. The van der Waals surface area contributed by atoms with Crippen LogP contribution in [0, 0.1) is 11.8 Å². The maximum absolute atomic E-state index is 11.6. The molecule has 0 radical (unpaired) electrons. The zero-order chi connectivity index (χ0) is 35.4. The summed E-state index contributed by atoms with van der Waals surface area (Å²) in [5.74, 6) is 3.66. The number of carbonyl (C=O) groups excluding carboxylic acids is 2. The Morgan fingerprint density at radius 1 is 0.898 bits per heavy atom. The van der Waals surface area contributed by atoms with Crippen molar-refractivity contribution in [3.63, 3.8) is 0 Å². The number of hydrogen-bond donors (Lipinski definition) is 1. The van der Waals surface area contributed by atoms with Crippen LogP contribution >= 0.6 is 46.6 Å². The molecule has 0 amide bonds. The van der Waals surface area contributed by atoms with Crippen LogP contribution < -0.4 is 5.32 Å². The number of nitrogens with zero attached hydrogens (tertiary/aromatic N) is 2. The van der Waals surface area contributed by atoms with Gasteiger partial charge in [-0.05, 0) is 107 Å². The van der Waals surface area contributed by atoms with Crippen molar-refractivity contribution in [2.45, 2.75) is 139 Å². The van der Waals surface area contributed by atoms with Gasteiger partial charge in [0.2, 0.25) is 0 Å². The maximum Gasteiger partial charge on any atom is 0.157 e. The van der Waals surface area contributed by atoms with Gasteiger partial charge in [0.05, 0.1) is 11.2 Å². The summed E-state index contributed by atoms with van der Waals surface area (Å²) >= 11 is 9.06. The molecule has 1 N–H and O–H groups in total. The van der Waals surface area contributed by atoms with Crippen LogP contribution in [0.25, 0.3) is 0 Å². The molecule has 2 aliphatic carbocycles. The number of carbonyl (C=O) groups is 2. The molecule has 8 heteroatoms. The molecule has 2 aromatic rings. The van der Waals surface area contributed by atoms with Crippen LogP contribution in [0.15, 0.2) is 58.5 Å². The van der Waals surface area contributed by atoms with Gasteiger partial charge in [-0.25, -0.2) is 4.99 Å². The predicted octanol–water partition coefficient (Wildman–Crippen LogP) is 10.7. The molecule has 4 unspecified atom stereocenters. The Morgan fingerprint density at radius 2 is 1.43 bits per heavy atom. The highest BCUT2D eigenvalue weighted by molar-refractivity contribution is 14.1. The van der Waals surface area contributed by atoms with Gasteiger partial charge in [-0.15, -0.1) is 0 Å². The zero-order valence-electron chi connectivity index (χ0n) is 30.2. The van der Waals surface area contributed by atoms with Crippen LogP contribution in [-0.2, 0) is 22.4 Å². The number of rotatable bonds is 11. The summed E-state index contributed by atoms with van der Waals surface area (Å²) in [6.45, 7) is 9.88. The molecule has 0 spiro atoms. The first-order valence-electron chi connectivity index (χ1n) is 18.3. The van der Waals surface area contributed by atoms with E-state index in [2.05, 4.69) is 101 Å². The van der Waals surface area contributed by atoms with Gasteiger partial charge in [-0.3, -0.25) is 14.6 Å². The third kappa shape index (κ3) is 13.0. The van der Waals surface area contributed by atoms with Gasteiger partial charge in [-0.2, -0.15) is 0 Å². The molecule has 2 aromatic carbocycles. The van der Waals surface area contributed by atoms with Crippen molar-refractivity contribution in [3.05, 3.63) is 70.8 Å². The number of isothiocyanates is 1. The molecular weight excluding hydrogens is 758 g/mol. The summed E-state index contributed by atoms with van der Waals surface area (Å²) in [5, 5.41) is 7.20. The Hall–Kier alpha value is -1.87. The van der Waals surface area contributed by atoms with Crippen molar-refractivity contribution in [1.82, 2.24) is 5.32 Å². The second kappa shape index (κ2) is 19.7. The highest BCUT2D eigenvalue weighted by atomic mass is 127. The fourth-order valence-corrected chi connectivity index (χ4v) is 10.6. The first-order chi connectivity index (χ1) is 23.4. The fourth-order valence-electron chi connectivity index (χ4n) is 7.94. The number of amidine groups is 1. The summed E-state index contributed by atoms with van der Waals surface area (Å²) in [7, 11) is 0. The molecule has 1 heterocycles. The second-order valence-electron chi connectivity index (χ2n) is 15.4. The number of aliphatic imine (C=N–C) groups is 2. The number of thiocarbonyl (C=S) groups is 1. The Balaban J connectivity index is 0.000000226. The monoisotopic (exact) mass is 813 g/mol. The fraction of sp³-hybridized carbons (Fsp3) is 0.610. The molecule has 0 bridgehead atoms. The SMILES string of the molecule is CC(=O)Cc1cccc(C(C2CCCCC2)C(I)N=C=S)c1.CC(=O)Cc1cccc(C(C2CCCCC2)C2CSC(NC(C)(C)C)=N2)c1. The van der Waals surface area contributed by atoms with Crippen LogP contribution in [0.3, 0.4) is 0 Å². The molecule has 3 aliphatic rings. The maximum atomic E-state index is 11.6. The average molecular weight is 814 g/mol. The number of ketones is 2. The zero-order valence-corrected chi connectivity index (χ0v) is 34.0. The second-order valence-corrected chi connectivity index (χ2v) is 17.8. The van der Waals surface area contributed by atoms with E-state index in [1.54, 1.807) is 13.8 Å². The lowest BCUT2D eigenvalue weighted by atomic mass is 9.73. The predicted molar refractivity (Wildman–Crippen MR) is 220 cm³/mol. The number of nitrogens with one attached hydrogen (secondary N) is 1. The van der Waals surface area contributed by atoms with Crippen LogP contribution in [0.1, 0.15) is 133 Å². The Bertz CT molecular complexity index is 1470. The van der Waals surface area contributed by atoms with E-state index in [4.69, 9.17) is 17.2 Å². The lowest BCUT2D eigenvalue weighted by Gasteiger charge is -2.33. The lowest BCUT2D eigenvalue weighted by molar-refractivity contribution is -0.117. The molecule has 5 rings (SSSR count). The molecular formula is C41H56IN3O2S2. The molecule has 4 atom stereocenters. The van der Waals surface area contributed by atoms with E-state index in [-0.39, 0.29) is 21.2 Å². The Morgan fingerprint density at radius 3 is 1.96 bits per heavy atom. The van der Waals surface area contributed by atoms with Crippen molar-refractivity contribution >= 4 is 68.5 Å². The van der Waals surface area contributed by atoms with Crippen molar-refractivity contribution in [3.8, 4) is 0 Å². The lowest BCUT2D eigenvalue weighted by Crippen LogP contribution is -2.38. The minimum atomic E-state index is 0.0441. The molecule has 266 valence electrons. The summed E-state index contributed by atoms with van der Waals surface area (Å²) in [6.07, 6.45) is 14.2. The highest BCUT2D eigenvalue weighted by Crippen LogP contribution is 2.43. The van der Waals surface area contributed by atoms with E-state index in [1.807, 2.05) is 17.8 Å². The largest absolute Gasteiger partial charge is 0.360 e. The minimum Gasteiger partial charge on any atom is -0.360 e. The molecule has 2 saturated carbocycles. The summed E-state index contributed by atoms with van der Waals surface area (Å²) in [6, 6.07) is 17.5. The number of alkyl halides is 1. The van der Waals surface area contributed by atoms with E-state index < -0.39 is 0 Å². The van der Waals surface area contributed by atoms with Gasteiger partial charge >= 0.3 is 0 Å². The van der Waals surface area contributed by atoms with Gasteiger partial charge in [0.1, 0.15) is 15.6 Å². The number of thioether (sulfide) groups is 1. The van der Waals surface area contributed by atoms with Gasteiger partial charge in [0.25, 0.3) is 0 Å². The standard InChI is InChI=1S/C23H34N2OS.C18H22INOS/c1-16(26)13-17-9-8-12-19(14-17)21(18-10-6-5-7-11-18)20-15-27-22(24-20)25-23(2,3)4;1-13(21)10-14-6-5-9-16(11-14)17(18(19)20-12-22)15-7-3-2-4-8-15/h8-9,12,14,18,20-21H,5-7,10-11,13,15H2,1-4H3,(H,24,25);5-6,9,11,15,17-18H,2-4,7-8,10H2,1H3. The van der Waals surface area contributed by atoms with Crippen molar-refractivity contribution < 1.29 is 9.59 Å². The normalized spacial score (nSPS) is 20.5. The van der Waals surface area contributed by atoms with E-state index in [1.165, 1.54) is 75.3 Å². The van der Waals surface area contributed by atoms with Crippen LogP contribution in [0.5, 0.6) is 0 Å². The number of halogens is 1. The van der Waals surface area contributed by atoms with Crippen LogP contribution in [0.4, 0.5) is 0 Å². The molecule has 0 aromatic heterocycles. The van der Waals surface area contributed by atoms with Gasteiger partial charge in [-0.1, -0.05) is 121 Å². The third-order valence-electron chi connectivity index (χ3n) is 9.94. The molecule has 0 saturated heterocycles. The van der Waals surface area contributed by atoms with E-state index >= 15 is 0 Å². The molecule has 2 fully saturated rings. The van der Waals surface area contributed by atoms with E-state index in [0.29, 0.717) is 42.6 Å². The van der Waals surface area contributed by atoms with Crippen molar-refractivity contribution in [2.75, 3.05) is 5.75 Å². The average Bonchev–Trinajstić information content (AvgIpc) is 3.49. The minimum absolute atomic E-state index is 0.0441. The van der Waals surface area contributed by atoms with E-state index in [0.717, 1.165) is 22.0 Å². The smallest absolute Gasteiger partial charge is 0.157 e. The van der Waals surface area contributed by atoms with Crippen molar-refractivity contribution in [1.29, 1.82) is 0 Å². The summed E-state index contributed by atoms with van der Waals surface area (Å²) < 4.78 is 0.116. The Kier molecular flexibility index (Phi) is 16.0. The van der Waals surface area contributed by atoms with Gasteiger partial charge in [0.15, 0.2) is 5.17 Å². The van der Waals surface area contributed by atoms with E-state index in [9.17, 15) is 9.59 Å². The van der Waals surface area contributed by atoms with Gasteiger partial charge in [0, 0.05) is 36.0 Å². The first kappa shape index (κ1) is 39.9. The Labute approximate surface area is 318 Å².